The first-order valence-corrected chi connectivity index (χ1v) is 5.82. The molecule has 0 saturated carbocycles. The van der Waals surface area contributed by atoms with Gasteiger partial charge < -0.3 is 20.2 Å². The molecule has 1 aromatic heterocycles. The van der Waals surface area contributed by atoms with Gasteiger partial charge in [0.05, 0.1) is 0 Å². The molecule has 6 nitrogen and oxygen atoms in total. The van der Waals surface area contributed by atoms with Crippen LogP contribution in [0, 0.1) is 5.41 Å². The zero-order valence-electron chi connectivity index (χ0n) is 10.8. The van der Waals surface area contributed by atoms with E-state index >= 15 is 0 Å². The fraction of sp³-hybridized carbons (Fsp3) is 0.818. The van der Waals surface area contributed by atoms with Gasteiger partial charge in [-0.3, -0.25) is 0 Å². The first-order chi connectivity index (χ1) is 8.07. The molecule has 0 amide bonds. The van der Waals surface area contributed by atoms with Crippen molar-refractivity contribution < 1.29 is 9.15 Å². The van der Waals surface area contributed by atoms with E-state index in [4.69, 9.17) is 14.9 Å². The van der Waals surface area contributed by atoms with E-state index in [1.807, 2.05) is 0 Å². The van der Waals surface area contributed by atoms with E-state index in [0.29, 0.717) is 24.9 Å². The van der Waals surface area contributed by atoms with Crippen molar-refractivity contribution in [2.45, 2.75) is 26.7 Å². The highest BCUT2D eigenvalue weighted by molar-refractivity contribution is 5.17. The van der Waals surface area contributed by atoms with E-state index in [-0.39, 0.29) is 5.41 Å². The van der Waals surface area contributed by atoms with Crippen molar-refractivity contribution in [3.63, 3.8) is 0 Å². The molecule has 3 N–H and O–H groups in total. The Labute approximate surface area is 102 Å². The zero-order chi connectivity index (χ0) is 12.7. The van der Waals surface area contributed by atoms with Gasteiger partial charge in [-0.05, 0) is 11.8 Å². The van der Waals surface area contributed by atoms with Crippen molar-refractivity contribution >= 4 is 6.01 Å². The monoisotopic (exact) mass is 242 g/mol. The second-order valence-electron chi connectivity index (χ2n) is 4.80. The van der Waals surface area contributed by atoms with E-state index in [2.05, 4.69) is 29.4 Å². The lowest BCUT2D eigenvalue weighted by Crippen LogP contribution is -2.24. The summed E-state index contributed by atoms with van der Waals surface area (Å²) in [4.78, 5) is 0. The topological polar surface area (TPSA) is 86.2 Å². The number of rotatable bonds is 8. The zero-order valence-corrected chi connectivity index (χ0v) is 10.8. The molecule has 0 unspecified atom stereocenters. The molecule has 0 aliphatic carbocycles. The van der Waals surface area contributed by atoms with Crippen molar-refractivity contribution in [1.29, 1.82) is 0 Å². The van der Waals surface area contributed by atoms with Crippen LogP contribution in [-0.4, -0.2) is 37.0 Å². The number of nitrogens with zero attached hydrogens (tertiary/aromatic N) is 2. The highest BCUT2D eigenvalue weighted by Gasteiger charge is 2.18. The molecule has 1 rings (SSSR count). The molecule has 0 aliphatic rings. The number of nitrogens with two attached hydrogens (primary N) is 1. The van der Waals surface area contributed by atoms with Gasteiger partial charge in [-0.1, -0.05) is 18.9 Å². The Bertz CT molecular complexity index is 325. The van der Waals surface area contributed by atoms with Crippen molar-refractivity contribution in [2.75, 3.05) is 32.1 Å². The van der Waals surface area contributed by atoms with Crippen LogP contribution in [0.4, 0.5) is 6.01 Å². The summed E-state index contributed by atoms with van der Waals surface area (Å²) >= 11 is 0. The minimum atomic E-state index is 0.124. The van der Waals surface area contributed by atoms with E-state index < -0.39 is 0 Å². The molecule has 6 heteroatoms. The summed E-state index contributed by atoms with van der Waals surface area (Å²) in [7, 11) is 1.71. The van der Waals surface area contributed by atoms with Crippen molar-refractivity contribution in [3.8, 4) is 0 Å². The Morgan fingerprint density at radius 1 is 1.41 bits per heavy atom. The SMILES string of the molecule is COCCC(C)(C)CNc1nnc(CCN)o1. The van der Waals surface area contributed by atoms with E-state index in [9.17, 15) is 0 Å². The molecule has 0 aromatic carbocycles. The third-order valence-electron chi connectivity index (χ3n) is 2.53. The van der Waals surface area contributed by atoms with Gasteiger partial charge in [-0.2, -0.15) is 0 Å². The van der Waals surface area contributed by atoms with E-state index in [1.165, 1.54) is 0 Å². The maximum absolute atomic E-state index is 5.41. The average molecular weight is 242 g/mol. The van der Waals surface area contributed by atoms with Crippen molar-refractivity contribution in [1.82, 2.24) is 10.2 Å². The van der Waals surface area contributed by atoms with Crippen LogP contribution in [-0.2, 0) is 11.2 Å². The van der Waals surface area contributed by atoms with Gasteiger partial charge in [-0.25, -0.2) is 0 Å². The maximum Gasteiger partial charge on any atom is 0.315 e. The molecule has 0 aliphatic heterocycles. The number of nitrogens with one attached hydrogen (secondary N) is 1. The van der Waals surface area contributed by atoms with Gasteiger partial charge >= 0.3 is 6.01 Å². The molecule has 0 saturated heterocycles. The largest absolute Gasteiger partial charge is 0.408 e. The predicted octanol–water partition coefficient (Wildman–Crippen LogP) is 1.05. The maximum atomic E-state index is 5.41. The van der Waals surface area contributed by atoms with Gasteiger partial charge in [0, 0.05) is 33.2 Å². The van der Waals surface area contributed by atoms with E-state index in [1.54, 1.807) is 7.11 Å². The minimum absolute atomic E-state index is 0.124. The van der Waals surface area contributed by atoms with Gasteiger partial charge in [0.1, 0.15) is 0 Å². The number of anilines is 1. The Morgan fingerprint density at radius 3 is 2.82 bits per heavy atom. The standard InChI is InChI=1S/C11H22N4O2/c1-11(2,5-7-16-3)8-13-10-15-14-9(17-10)4-6-12/h4-8,12H2,1-3H3,(H,13,15). The molecule has 0 radical (unpaired) electrons. The molecule has 1 heterocycles. The number of aromatic nitrogens is 2. The second kappa shape index (κ2) is 6.56. The van der Waals surface area contributed by atoms with Crippen molar-refractivity contribution in [2.24, 2.45) is 11.1 Å². The number of methoxy groups -OCH3 is 1. The second-order valence-corrected chi connectivity index (χ2v) is 4.80. The number of hydrogen-bond donors (Lipinski definition) is 2. The van der Waals surface area contributed by atoms with Crippen LogP contribution in [0.15, 0.2) is 4.42 Å². The Morgan fingerprint density at radius 2 is 2.18 bits per heavy atom. The summed E-state index contributed by atoms with van der Waals surface area (Å²) in [6, 6.07) is 0.457. The smallest absolute Gasteiger partial charge is 0.315 e. The van der Waals surface area contributed by atoms with Gasteiger partial charge in [0.2, 0.25) is 5.89 Å². The lowest BCUT2D eigenvalue weighted by Gasteiger charge is -2.23. The molecule has 1 aromatic rings. The lowest BCUT2D eigenvalue weighted by molar-refractivity contribution is 0.156. The van der Waals surface area contributed by atoms with Crippen LogP contribution in [0.3, 0.4) is 0 Å². The van der Waals surface area contributed by atoms with Crippen LogP contribution in [0.25, 0.3) is 0 Å². The molecular formula is C11H22N4O2. The number of ether oxygens (including phenoxy) is 1. The average Bonchev–Trinajstić information content (AvgIpc) is 2.73. The first kappa shape index (κ1) is 13.9. The minimum Gasteiger partial charge on any atom is -0.408 e. The predicted molar refractivity (Wildman–Crippen MR) is 65.8 cm³/mol. The van der Waals surface area contributed by atoms with Crippen LogP contribution < -0.4 is 11.1 Å². The molecule has 0 bridgehead atoms. The fourth-order valence-corrected chi connectivity index (χ4v) is 1.33. The third-order valence-corrected chi connectivity index (χ3v) is 2.53. The summed E-state index contributed by atoms with van der Waals surface area (Å²) in [6.07, 6.45) is 1.59. The van der Waals surface area contributed by atoms with Crippen LogP contribution in [0.5, 0.6) is 0 Å². The molecule has 98 valence electrons. The van der Waals surface area contributed by atoms with Gasteiger partial charge in [0.15, 0.2) is 0 Å². The summed E-state index contributed by atoms with van der Waals surface area (Å²) in [5.41, 5.74) is 5.53. The van der Waals surface area contributed by atoms with E-state index in [0.717, 1.165) is 19.6 Å². The van der Waals surface area contributed by atoms with Crippen LogP contribution in [0.1, 0.15) is 26.2 Å². The quantitative estimate of drug-likeness (QED) is 0.708. The normalized spacial score (nSPS) is 11.8. The molecule has 0 fully saturated rings. The Kier molecular flexibility index (Phi) is 5.37. The van der Waals surface area contributed by atoms with Gasteiger partial charge in [0.25, 0.3) is 0 Å². The molecule has 0 spiro atoms. The summed E-state index contributed by atoms with van der Waals surface area (Å²) in [5.74, 6) is 0.574. The molecule has 0 atom stereocenters. The molecular weight excluding hydrogens is 220 g/mol. The Balaban J connectivity index is 2.37. The first-order valence-electron chi connectivity index (χ1n) is 5.82. The highest BCUT2D eigenvalue weighted by Crippen LogP contribution is 2.20. The van der Waals surface area contributed by atoms with Crippen LogP contribution >= 0.6 is 0 Å². The van der Waals surface area contributed by atoms with Crippen molar-refractivity contribution in [3.05, 3.63) is 5.89 Å². The van der Waals surface area contributed by atoms with Gasteiger partial charge in [-0.15, -0.1) is 5.10 Å². The lowest BCUT2D eigenvalue weighted by atomic mass is 9.90. The number of hydrogen-bond acceptors (Lipinski definition) is 6. The van der Waals surface area contributed by atoms with Crippen LogP contribution in [0.2, 0.25) is 0 Å². The summed E-state index contributed by atoms with van der Waals surface area (Å²) in [6.45, 7) is 6.35. The third kappa shape index (κ3) is 5.14. The molecule has 17 heavy (non-hydrogen) atoms. The highest BCUT2D eigenvalue weighted by atomic mass is 16.5. The Hall–Kier alpha value is -1.14. The fourth-order valence-electron chi connectivity index (χ4n) is 1.33. The summed E-state index contributed by atoms with van der Waals surface area (Å²) in [5, 5.41) is 10.9. The summed E-state index contributed by atoms with van der Waals surface area (Å²) < 4.78 is 10.5.